The molecule has 0 N–H and O–H groups in total. The zero-order valence-corrected chi connectivity index (χ0v) is 13.8. The Labute approximate surface area is 139 Å². The molecule has 0 spiro atoms. The van der Waals surface area contributed by atoms with Crippen molar-refractivity contribution in [1.29, 1.82) is 0 Å². The summed E-state index contributed by atoms with van der Waals surface area (Å²) in [6.07, 6.45) is 1.83. The molecule has 2 aliphatic heterocycles. The first kappa shape index (κ1) is 14.1. The van der Waals surface area contributed by atoms with Crippen LogP contribution in [0.1, 0.15) is 30.3 Å². The second-order valence-corrected chi connectivity index (χ2v) is 7.47. The Balaban J connectivity index is 1.81. The second-order valence-electron chi connectivity index (χ2n) is 5.66. The highest BCUT2D eigenvalue weighted by Crippen LogP contribution is 2.48. The van der Waals surface area contributed by atoms with E-state index in [-0.39, 0.29) is 12.1 Å². The summed E-state index contributed by atoms with van der Waals surface area (Å²) in [6.45, 7) is 3.24. The summed E-state index contributed by atoms with van der Waals surface area (Å²) in [5.74, 6) is 0. The number of hydrogen-bond donors (Lipinski definition) is 0. The van der Waals surface area contributed by atoms with Gasteiger partial charge < -0.3 is 4.90 Å². The number of benzene rings is 1. The lowest BCUT2D eigenvalue weighted by molar-refractivity contribution is 0.321. The van der Waals surface area contributed by atoms with Crippen molar-refractivity contribution in [3.05, 3.63) is 64.9 Å². The van der Waals surface area contributed by atoms with Crippen molar-refractivity contribution in [1.82, 2.24) is 9.88 Å². The molecule has 0 radical (unpaired) electrons. The van der Waals surface area contributed by atoms with Gasteiger partial charge in [-0.1, -0.05) is 54.6 Å². The molecule has 1 aromatic carbocycles. The predicted octanol–water partition coefficient (Wildman–Crippen LogP) is 4.32. The smallest absolute Gasteiger partial charge is 0.160 e. The van der Waals surface area contributed by atoms with Gasteiger partial charge in [0, 0.05) is 23.0 Å². The third-order valence-electron chi connectivity index (χ3n) is 4.11. The fourth-order valence-electron chi connectivity index (χ4n) is 3.17. The van der Waals surface area contributed by atoms with Crippen molar-refractivity contribution < 1.29 is 0 Å². The normalized spacial score (nSPS) is 26.9. The molecule has 1 aromatic heterocycles. The summed E-state index contributed by atoms with van der Waals surface area (Å²) < 4.78 is 0. The number of thioether (sulfide) groups is 1. The lowest BCUT2D eigenvalue weighted by Crippen LogP contribution is -2.28. The molecule has 22 heavy (non-hydrogen) atoms. The topological polar surface area (TPSA) is 28.5 Å². The van der Waals surface area contributed by atoms with Crippen molar-refractivity contribution in [2.45, 2.75) is 24.3 Å². The van der Waals surface area contributed by atoms with Crippen LogP contribution in [-0.2, 0) is 0 Å². The molecular formula is C17H16ClN3S. The molecule has 1 saturated heterocycles. The molecule has 0 unspecified atom stereocenters. The molecule has 112 valence electrons. The van der Waals surface area contributed by atoms with Crippen molar-refractivity contribution in [3.8, 4) is 0 Å². The highest BCUT2D eigenvalue weighted by atomic mass is 35.5. The Bertz CT molecular complexity index is 719. The van der Waals surface area contributed by atoms with Gasteiger partial charge in [-0.2, -0.15) is 0 Å². The summed E-state index contributed by atoms with van der Waals surface area (Å²) in [6, 6.07) is 14.2. The highest BCUT2D eigenvalue weighted by molar-refractivity contribution is 8.14. The molecule has 3 nitrogen and oxygen atoms in total. The number of hydrogen-bond acceptors (Lipinski definition) is 4. The first-order valence-corrected chi connectivity index (χ1v) is 8.66. The van der Waals surface area contributed by atoms with Gasteiger partial charge in [0.05, 0.1) is 11.7 Å². The van der Waals surface area contributed by atoms with Crippen molar-refractivity contribution in [2.24, 2.45) is 4.99 Å². The van der Waals surface area contributed by atoms with Crippen molar-refractivity contribution >= 4 is 28.5 Å². The lowest BCUT2D eigenvalue weighted by atomic mass is 9.96. The first-order valence-electron chi connectivity index (χ1n) is 7.40. The maximum absolute atomic E-state index is 6.48. The number of fused-ring (bicyclic) bond motifs is 1. The molecule has 5 heteroatoms. The molecule has 2 aliphatic rings. The fourth-order valence-corrected chi connectivity index (χ4v) is 4.51. The van der Waals surface area contributed by atoms with Crippen LogP contribution in [0.3, 0.4) is 0 Å². The van der Waals surface area contributed by atoms with E-state index in [0.717, 1.165) is 28.0 Å². The van der Waals surface area contributed by atoms with Crippen molar-refractivity contribution in [3.63, 3.8) is 0 Å². The lowest BCUT2D eigenvalue weighted by Gasteiger charge is -2.28. The third kappa shape index (κ3) is 2.31. The summed E-state index contributed by atoms with van der Waals surface area (Å²) >= 11 is 8.32. The summed E-state index contributed by atoms with van der Waals surface area (Å²) in [5, 5.41) is 2.48. The Morgan fingerprint density at radius 1 is 1.18 bits per heavy atom. The van der Waals surface area contributed by atoms with Crippen LogP contribution < -0.4 is 0 Å². The van der Waals surface area contributed by atoms with Gasteiger partial charge >= 0.3 is 0 Å². The van der Waals surface area contributed by atoms with E-state index in [1.165, 1.54) is 0 Å². The molecule has 1 fully saturated rings. The van der Waals surface area contributed by atoms with Gasteiger partial charge in [0.15, 0.2) is 5.17 Å². The average Bonchev–Trinajstić information content (AvgIpc) is 3.05. The minimum atomic E-state index is 0.0103. The van der Waals surface area contributed by atoms with Crippen LogP contribution in [0.5, 0.6) is 0 Å². The minimum absolute atomic E-state index is 0.0103. The zero-order valence-electron chi connectivity index (χ0n) is 12.2. The zero-order chi connectivity index (χ0) is 15.1. The summed E-state index contributed by atoms with van der Waals surface area (Å²) in [5.41, 5.74) is 2.14. The fraction of sp³-hybridized carbons (Fsp3) is 0.294. The van der Waals surface area contributed by atoms with Crippen LogP contribution in [0.15, 0.2) is 53.7 Å². The van der Waals surface area contributed by atoms with Gasteiger partial charge in [0.25, 0.3) is 0 Å². The van der Waals surface area contributed by atoms with Crippen LogP contribution >= 0.6 is 23.4 Å². The van der Waals surface area contributed by atoms with E-state index in [1.54, 1.807) is 0 Å². The van der Waals surface area contributed by atoms with Gasteiger partial charge in [-0.3, -0.25) is 9.98 Å². The Hall–Kier alpha value is -1.52. The summed E-state index contributed by atoms with van der Waals surface area (Å²) in [4.78, 5) is 11.9. The molecule has 2 aromatic rings. The average molecular weight is 330 g/mol. The number of aromatic nitrogens is 1. The summed E-state index contributed by atoms with van der Waals surface area (Å²) in [7, 11) is 0. The van der Waals surface area contributed by atoms with Gasteiger partial charge in [-0.15, -0.1) is 0 Å². The number of aliphatic imine (C=N–C) groups is 1. The van der Waals surface area contributed by atoms with E-state index >= 15 is 0 Å². The van der Waals surface area contributed by atoms with Gasteiger partial charge in [-0.25, -0.2) is 0 Å². The minimum Gasteiger partial charge on any atom is -0.341 e. The largest absolute Gasteiger partial charge is 0.341 e. The maximum atomic E-state index is 6.48. The van der Waals surface area contributed by atoms with Crippen LogP contribution in [0, 0.1) is 0 Å². The maximum Gasteiger partial charge on any atom is 0.160 e. The highest BCUT2D eigenvalue weighted by Gasteiger charge is 2.44. The van der Waals surface area contributed by atoms with Crippen LogP contribution in [0.25, 0.3) is 0 Å². The monoisotopic (exact) mass is 329 g/mol. The Morgan fingerprint density at radius 3 is 2.77 bits per heavy atom. The van der Waals surface area contributed by atoms with Gasteiger partial charge in [0.2, 0.25) is 0 Å². The van der Waals surface area contributed by atoms with Crippen LogP contribution in [0.4, 0.5) is 0 Å². The van der Waals surface area contributed by atoms with E-state index in [1.807, 2.05) is 48.3 Å². The molecule has 3 atom stereocenters. The number of rotatable bonds is 2. The third-order valence-corrected chi connectivity index (χ3v) is 5.55. The van der Waals surface area contributed by atoms with E-state index in [9.17, 15) is 0 Å². The molecular weight excluding hydrogens is 314 g/mol. The SMILES string of the molecule is C[C@H]1CN2C(=N[C@H](c3ccccn3)[C@@H]2c2ccccc2Cl)S1. The Morgan fingerprint density at radius 2 is 2.00 bits per heavy atom. The number of pyridine rings is 1. The quantitative estimate of drug-likeness (QED) is 0.821. The molecule has 3 heterocycles. The molecule has 0 amide bonds. The van der Waals surface area contributed by atoms with Gasteiger partial charge in [-0.05, 0) is 23.8 Å². The van der Waals surface area contributed by atoms with Crippen LogP contribution in [-0.4, -0.2) is 26.8 Å². The number of amidine groups is 1. The number of halogens is 1. The molecule has 0 saturated carbocycles. The molecule has 4 rings (SSSR count). The van der Waals surface area contributed by atoms with Crippen molar-refractivity contribution in [2.75, 3.05) is 6.54 Å². The van der Waals surface area contributed by atoms with E-state index < -0.39 is 0 Å². The van der Waals surface area contributed by atoms with E-state index in [4.69, 9.17) is 16.6 Å². The Kier molecular flexibility index (Phi) is 3.59. The van der Waals surface area contributed by atoms with Gasteiger partial charge in [0.1, 0.15) is 6.04 Å². The van der Waals surface area contributed by atoms with Crippen LogP contribution in [0.2, 0.25) is 5.02 Å². The van der Waals surface area contributed by atoms with E-state index in [2.05, 4.69) is 28.9 Å². The molecule has 0 bridgehead atoms. The standard InChI is InChI=1S/C17H16ClN3S/c1-11-10-21-16(12-6-2-3-7-13(12)18)15(20-17(21)22-11)14-8-4-5-9-19-14/h2-9,11,15-16H,10H2,1H3/t11-,15+,16-/m0/s1. The number of nitrogens with zero attached hydrogens (tertiary/aromatic N) is 3. The molecule has 0 aliphatic carbocycles. The first-order chi connectivity index (χ1) is 10.7. The van der Waals surface area contributed by atoms with E-state index in [0.29, 0.717) is 5.25 Å². The predicted molar refractivity (Wildman–Crippen MR) is 92.4 cm³/mol. The second kappa shape index (κ2) is 5.60.